The van der Waals surface area contributed by atoms with Gasteiger partial charge in [-0.3, -0.25) is 4.98 Å². The van der Waals surface area contributed by atoms with Crippen molar-refractivity contribution in [2.75, 3.05) is 13.7 Å². The maximum atomic E-state index is 11.9. The molecule has 1 aromatic heterocycles. The van der Waals surface area contributed by atoms with E-state index in [0.29, 0.717) is 5.69 Å². The van der Waals surface area contributed by atoms with E-state index in [0.717, 1.165) is 12.8 Å². The third-order valence-corrected chi connectivity index (χ3v) is 4.61. The number of nitrogens with one attached hydrogen (secondary N) is 1. The fraction of sp³-hybridized carbons (Fsp3) is 0.545. The van der Waals surface area contributed by atoms with E-state index in [4.69, 9.17) is 4.74 Å². The summed E-state index contributed by atoms with van der Waals surface area (Å²) in [4.78, 5) is 4.15. The third kappa shape index (κ3) is 3.24. The van der Waals surface area contributed by atoms with Gasteiger partial charge in [-0.15, -0.1) is 0 Å². The highest BCUT2D eigenvalue weighted by atomic mass is 32.2. The van der Waals surface area contributed by atoms with Crippen molar-refractivity contribution in [3.05, 3.63) is 30.1 Å². The summed E-state index contributed by atoms with van der Waals surface area (Å²) in [5.74, 6) is 0. The molecule has 1 atom stereocenters. The quantitative estimate of drug-likeness (QED) is 0.819. The fourth-order valence-corrected chi connectivity index (χ4v) is 3.14. The highest BCUT2D eigenvalue weighted by Gasteiger charge is 2.37. The molecule has 0 radical (unpaired) electrons. The van der Waals surface area contributed by atoms with Crippen molar-refractivity contribution in [1.29, 1.82) is 0 Å². The number of hydrogen-bond acceptors (Lipinski definition) is 4. The Bertz CT molecular complexity index is 457. The molecule has 0 saturated heterocycles. The average molecular weight is 256 g/mol. The maximum absolute atomic E-state index is 11.9. The average Bonchev–Trinajstić information content (AvgIpc) is 3.13. The molecule has 0 unspecified atom stereocenters. The van der Waals surface area contributed by atoms with Crippen LogP contribution in [-0.2, 0) is 14.8 Å². The molecule has 0 aromatic carbocycles. The van der Waals surface area contributed by atoms with E-state index in [2.05, 4.69) is 9.71 Å². The summed E-state index contributed by atoms with van der Waals surface area (Å²) in [5, 5.41) is -0.231. The van der Waals surface area contributed by atoms with Crippen LogP contribution in [0.15, 0.2) is 24.4 Å². The van der Waals surface area contributed by atoms with Crippen LogP contribution in [0.1, 0.15) is 24.6 Å². The van der Waals surface area contributed by atoms with Gasteiger partial charge in [-0.05, 0) is 25.0 Å². The van der Waals surface area contributed by atoms with Crippen molar-refractivity contribution in [3.8, 4) is 0 Å². The van der Waals surface area contributed by atoms with Crippen molar-refractivity contribution in [2.24, 2.45) is 0 Å². The first-order valence-corrected chi connectivity index (χ1v) is 7.09. The van der Waals surface area contributed by atoms with Gasteiger partial charge in [0.15, 0.2) is 0 Å². The first-order chi connectivity index (χ1) is 8.13. The van der Waals surface area contributed by atoms with Crippen LogP contribution < -0.4 is 4.72 Å². The number of pyridine rings is 1. The molecule has 0 bridgehead atoms. The minimum absolute atomic E-state index is 0.231. The number of methoxy groups -OCH3 is 1. The molecule has 1 fully saturated rings. The molecule has 2 rings (SSSR count). The molecule has 0 aliphatic heterocycles. The van der Waals surface area contributed by atoms with E-state index < -0.39 is 16.1 Å². The van der Waals surface area contributed by atoms with Gasteiger partial charge in [-0.25, -0.2) is 13.1 Å². The van der Waals surface area contributed by atoms with Crippen molar-refractivity contribution >= 4 is 10.0 Å². The Balaban J connectivity index is 2.12. The van der Waals surface area contributed by atoms with E-state index in [-0.39, 0.29) is 11.9 Å². The number of rotatable bonds is 6. The molecule has 17 heavy (non-hydrogen) atoms. The minimum atomic E-state index is -3.23. The summed E-state index contributed by atoms with van der Waals surface area (Å²) in [7, 11) is -1.68. The highest BCUT2D eigenvalue weighted by Crippen LogP contribution is 2.28. The Morgan fingerprint density at radius 2 is 2.29 bits per heavy atom. The lowest BCUT2D eigenvalue weighted by Gasteiger charge is -2.17. The molecule has 6 heteroatoms. The van der Waals surface area contributed by atoms with Gasteiger partial charge in [-0.2, -0.15) is 0 Å². The largest absolute Gasteiger partial charge is 0.383 e. The van der Waals surface area contributed by atoms with E-state index in [1.54, 1.807) is 25.4 Å². The van der Waals surface area contributed by atoms with Crippen molar-refractivity contribution in [3.63, 3.8) is 0 Å². The molecule has 1 aromatic rings. The number of sulfonamides is 1. The second-order valence-electron chi connectivity index (χ2n) is 4.12. The lowest BCUT2D eigenvalue weighted by Crippen LogP contribution is -2.34. The van der Waals surface area contributed by atoms with Crippen LogP contribution >= 0.6 is 0 Å². The van der Waals surface area contributed by atoms with Crippen molar-refractivity contribution in [1.82, 2.24) is 9.71 Å². The second kappa shape index (κ2) is 5.12. The summed E-state index contributed by atoms with van der Waals surface area (Å²) in [6, 6.07) is 5.00. The highest BCUT2D eigenvalue weighted by molar-refractivity contribution is 7.90. The Hall–Kier alpha value is -0.980. The van der Waals surface area contributed by atoms with Gasteiger partial charge in [0, 0.05) is 13.3 Å². The minimum Gasteiger partial charge on any atom is -0.383 e. The second-order valence-corrected chi connectivity index (χ2v) is 6.12. The van der Waals surface area contributed by atoms with E-state index in [1.807, 2.05) is 6.07 Å². The number of ether oxygens (including phenoxy) is 1. The van der Waals surface area contributed by atoms with Gasteiger partial charge in [0.2, 0.25) is 10.0 Å². The summed E-state index contributed by atoms with van der Waals surface area (Å²) in [6.45, 7) is 0.281. The molecule has 94 valence electrons. The number of hydrogen-bond donors (Lipinski definition) is 1. The predicted molar refractivity (Wildman–Crippen MR) is 63.9 cm³/mol. The van der Waals surface area contributed by atoms with Gasteiger partial charge in [0.05, 0.1) is 23.6 Å². The van der Waals surface area contributed by atoms with Gasteiger partial charge in [0.25, 0.3) is 0 Å². The maximum Gasteiger partial charge on any atom is 0.215 e. The number of aromatic nitrogens is 1. The predicted octanol–water partition coefficient (Wildman–Crippen LogP) is 0.851. The van der Waals surface area contributed by atoms with E-state index in [1.165, 1.54) is 0 Å². The normalized spacial score (nSPS) is 17.9. The van der Waals surface area contributed by atoms with Crippen molar-refractivity contribution in [2.45, 2.75) is 24.1 Å². The molecule has 5 nitrogen and oxygen atoms in total. The first kappa shape index (κ1) is 12.5. The first-order valence-electron chi connectivity index (χ1n) is 5.54. The zero-order valence-electron chi connectivity index (χ0n) is 9.67. The smallest absolute Gasteiger partial charge is 0.215 e. The summed E-state index contributed by atoms with van der Waals surface area (Å²) in [5.41, 5.74) is 0.679. The van der Waals surface area contributed by atoms with Gasteiger partial charge in [-0.1, -0.05) is 6.07 Å². The molecular formula is C11H16N2O3S. The van der Waals surface area contributed by atoms with Gasteiger partial charge in [0.1, 0.15) is 0 Å². The molecule has 0 spiro atoms. The zero-order valence-corrected chi connectivity index (χ0v) is 10.5. The molecular weight excluding hydrogens is 240 g/mol. The lowest BCUT2D eigenvalue weighted by atomic mass is 10.2. The van der Waals surface area contributed by atoms with Gasteiger partial charge >= 0.3 is 0 Å². The summed E-state index contributed by atoms with van der Waals surface area (Å²) < 4.78 is 31.4. The molecule has 0 amide bonds. The van der Waals surface area contributed by atoms with Crippen LogP contribution in [0.4, 0.5) is 0 Å². The summed E-state index contributed by atoms with van der Waals surface area (Å²) >= 11 is 0. The standard InChI is InChI=1S/C11H16N2O3S/c1-16-8-11(10-4-2-3-7-12-10)13-17(14,15)9-5-6-9/h2-4,7,9,11,13H,5-6,8H2,1H3/t11-/m0/s1. The zero-order chi connectivity index (χ0) is 12.3. The van der Waals surface area contributed by atoms with Crippen LogP contribution in [0.2, 0.25) is 0 Å². The fourth-order valence-electron chi connectivity index (χ4n) is 1.60. The topological polar surface area (TPSA) is 68.3 Å². The molecule has 1 aliphatic carbocycles. The Morgan fingerprint density at radius 3 is 2.82 bits per heavy atom. The van der Waals surface area contributed by atoms with Crippen LogP contribution in [-0.4, -0.2) is 32.4 Å². The molecule has 1 aliphatic rings. The Morgan fingerprint density at radius 1 is 1.53 bits per heavy atom. The van der Waals surface area contributed by atoms with Crippen LogP contribution in [0.5, 0.6) is 0 Å². The molecule has 1 heterocycles. The lowest BCUT2D eigenvalue weighted by molar-refractivity contribution is 0.174. The van der Waals surface area contributed by atoms with Crippen LogP contribution in [0.3, 0.4) is 0 Å². The SMILES string of the molecule is COC[C@H](NS(=O)(=O)C1CC1)c1ccccn1. The van der Waals surface area contributed by atoms with Gasteiger partial charge < -0.3 is 4.74 Å². The molecule has 1 saturated carbocycles. The van der Waals surface area contributed by atoms with E-state index in [9.17, 15) is 8.42 Å². The monoisotopic (exact) mass is 256 g/mol. The van der Waals surface area contributed by atoms with Crippen LogP contribution in [0, 0.1) is 0 Å². The Labute approximate surface area is 101 Å². The van der Waals surface area contributed by atoms with Crippen LogP contribution in [0.25, 0.3) is 0 Å². The van der Waals surface area contributed by atoms with Crippen molar-refractivity contribution < 1.29 is 13.2 Å². The van der Waals surface area contributed by atoms with E-state index >= 15 is 0 Å². The Kier molecular flexibility index (Phi) is 3.76. The number of nitrogens with zero attached hydrogens (tertiary/aromatic N) is 1. The molecule has 1 N–H and O–H groups in total. The summed E-state index contributed by atoms with van der Waals surface area (Å²) in [6.07, 6.45) is 3.14. The third-order valence-electron chi connectivity index (χ3n) is 2.65.